The first-order chi connectivity index (χ1) is 12.1. The van der Waals surface area contributed by atoms with Gasteiger partial charge in [0.2, 0.25) is 5.95 Å². The number of anilines is 2. The van der Waals surface area contributed by atoms with Crippen molar-refractivity contribution in [2.24, 2.45) is 0 Å². The van der Waals surface area contributed by atoms with E-state index in [-0.39, 0.29) is 0 Å². The highest BCUT2D eigenvalue weighted by molar-refractivity contribution is 5.54. The monoisotopic (exact) mass is 340 g/mol. The minimum atomic E-state index is 0.736. The van der Waals surface area contributed by atoms with Gasteiger partial charge < -0.3 is 20.4 Å². The van der Waals surface area contributed by atoms with E-state index in [2.05, 4.69) is 49.8 Å². The molecule has 1 fully saturated rings. The summed E-state index contributed by atoms with van der Waals surface area (Å²) >= 11 is 0. The van der Waals surface area contributed by atoms with Crippen molar-refractivity contribution in [2.75, 3.05) is 50.1 Å². The third-order valence-electron chi connectivity index (χ3n) is 4.37. The van der Waals surface area contributed by atoms with E-state index in [4.69, 9.17) is 0 Å². The Morgan fingerprint density at radius 3 is 2.64 bits per heavy atom. The number of aryl methyl sites for hydroxylation is 1. The standard InChI is InChI=1S/C19H28N6/c1-15-12-17(23-19(22-15)24(2)3)14-21-13-16-6-4-5-7-18(16)25-10-8-20-9-11-25/h4-7,12,20-21H,8-11,13-14H2,1-3H3. The number of nitrogens with zero attached hydrogens (tertiary/aromatic N) is 4. The molecule has 0 bridgehead atoms. The van der Waals surface area contributed by atoms with Gasteiger partial charge in [-0.2, -0.15) is 0 Å². The zero-order valence-corrected chi connectivity index (χ0v) is 15.4. The van der Waals surface area contributed by atoms with Crippen LogP contribution < -0.4 is 20.4 Å². The number of nitrogens with one attached hydrogen (secondary N) is 2. The lowest BCUT2D eigenvalue weighted by Gasteiger charge is -2.31. The molecule has 6 nitrogen and oxygen atoms in total. The van der Waals surface area contributed by atoms with Gasteiger partial charge in [0.15, 0.2) is 0 Å². The van der Waals surface area contributed by atoms with Crippen LogP contribution in [0.5, 0.6) is 0 Å². The zero-order chi connectivity index (χ0) is 17.6. The highest BCUT2D eigenvalue weighted by Crippen LogP contribution is 2.20. The Balaban J connectivity index is 1.64. The number of benzene rings is 1. The second-order valence-electron chi connectivity index (χ2n) is 6.66. The third-order valence-corrected chi connectivity index (χ3v) is 4.37. The van der Waals surface area contributed by atoms with Gasteiger partial charge in [0.05, 0.1) is 5.69 Å². The predicted octanol–water partition coefficient (Wildman–Crippen LogP) is 1.55. The Morgan fingerprint density at radius 1 is 1.12 bits per heavy atom. The molecule has 1 aliphatic rings. The molecule has 2 N–H and O–H groups in total. The first kappa shape index (κ1) is 17.6. The Hall–Kier alpha value is -2.18. The quantitative estimate of drug-likeness (QED) is 0.832. The summed E-state index contributed by atoms with van der Waals surface area (Å²) in [4.78, 5) is 13.5. The maximum Gasteiger partial charge on any atom is 0.225 e. The van der Waals surface area contributed by atoms with Crippen LogP contribution in [0.15, 0.2) is 30.3 Å². The van der Waals surface area contributed by atoms with E-state index in [1.807, 2.05) is 32.0 Å². The average molecular weight is 340 g/mol. The van der Waals surface area contributed by atoms with Crippen molar-refractivity contribution in [3.8, 4) is 0 Å². The summed E-state index contributed by atoms with van der Waals surface area (Å²) in [7, 11) is 3.94. The zero-order valence-electron chi connectivity index (χ0n) is 15.4. The van der Waals surface area contributed by atoms with Crippen molar-refractivity contribution in [1.82, 2.24) is 20.6 Å². The number of hydrogen-bond acceptors (Lipinski definition) is 6. The molecule has 0 radical (unpaired) electrons. The Morgan fingerprint density at radius 2 is 1.88 bits per heavy atom. The molecule has 0 amide bonds. The Bertz CT molecular complexity index is 694. The van der Waals surface area contributed by atoms with Crippen molar-refractivity contribution in [3.05, 3.63) is 47.3 Å². The molecular formula is C19H28N6. The molecule has 25 heavy (non-hydrogen) atoms. The number of para-hydroxylation sites is 1. The van der Waals surface area contributed by atoms with Gasteiger partial charge in [0, 0.05) is 64.7 Å². The van der Waals surface area contributed by atoms with Crippen LogP contribution in [0.25, 0.3) is 0 Å². The molecule has 2 heterocycles. The number of piperazine rings is 1. The van der Waals surface area contributed by atoms with Crippen LogP contribution in [0.1, 0.15) is 17.0 Å². The summed E-state index contributed by atoms with van der Waals surface area (Å²) in [5.41, 5.74) is 4.69. The van der Waals surface area contributed by atoms with Gasteiger partial charge in [0.25, 0.3) is 0 Å². The molecule has 0 spiro atoms. The second-order valence-corrected chi connectivity index (χ2v) is 6.66. The van der Waals surface area contributed by atoms with Crippen LogP contribution in [0, 0.1) is 6.92 Å². The van der Waals surface area contributed by atoms with Crippen molar-refractivity contribution in [3.63, 3.8) is 0 Å². The third kappa shape index (κ3) is 4.67. The van der Waals surface area contributed by atoms with Crippen molar-refractivity contribution in [2.45, 2.75) is 20.0 Å². The fourth-order valence-corrected chi connectivity index (χ4v) is 3.11. The molecule has 134 valence electrons. The predicted molar refractivity (Wildman–Crippen MR) is 103 cm³/mol. The molecule has 0 aliphatic carbocycles. The molecule has 1 aliphatic heterocycles. The van der Waals surface area contributed by atoms with Crippen molar-refractivity contribution >= 4 is 11.6 Å². The van der Waals surface area contributed by atoms with Crippen LogP contribution in [-0.4, -0.2) is 50.2 Å². The van der Waals surface area contributed by atoms with E-state index < -0.39 is 0 Å². The average Bonchev–Trinajstić information content (AvgIpc) is 2.62. The first-order valence-electron chi connectivity index (χ1n) is 8.89. The van der Waals surface area contributed by atoms with E-state index in [1.54, 1.807) is 0 Å². The van der Waals surface area contributed by atoms with E-state index in [0.717, 1.165) is 56.6 Å². The van der Waals surface area contributed by atoms with Gasteiger partial charge in [-0.25, -0.2) is 9.97 Å². The normalized spacial score (nSPS) is 14.6. The molecule has 2 aromatic rings. The topological polar surface area (TPSA) is 56.3 Å². The summed E-state index contributed by atoms with van der Waals surface area (Å²) in [6, 6.07) is 10.7. The summed E-state index contributed by atoms with van der Waals surface area (Å²) in [5.74, 6) is 0.762. The Kier molecular flexibility index (Phi) is 5.83. The number of rotatable bonds is 6. The highest BCUT2D eigenvalue weighted by atomic mass is 15.2. The minimum absolute atomic E-state index is 0.736. The lowest BCUT2D eigenvalue weighted by atomic mass is 10.1. The highest BCUT2D eigenvalue weighted by Gasteiger charge is 2.13. The summed E-state index contributed by atoms with van der Waals surface area (Å²) in [6.07, 6.45) is 0. The van der Waals surface area contributed by atoms with E-state index in [1.165, 1.54) is 11.3 Å². The lowest BCUT2D eigenvalue weighted by molar-refractivity contribution is 0.585. The van der Waals surface area contributed by atoms with Crippen LogP contribution in [0.3, 0.4) is 0 Å². The van der Waals surface area contributed by atoms with E-state index in [9.17, 15) is 0 Å². The lowest BCUT2D eigenvalue weighted by Crippen LogP contribution is -2.44. The van der Waals surface area contributed by atoms with E-state index in [0.29, 0.717) is 0 Å². The smallest absolute Gasteiger partial charge is 0.225 e. The number of hydrogen-bond donors (Lipinski definition) is 2. The minimum Gasteiger partial charge on any atom is -0.369 e. The molecule has 0 unspecified atom stereocenters. The van der Waals surface area contributed by atoms with Gasteiger partial charge >= 0.3 is 0 Å². The van der Waals surface area contributed by atoms with Gasteiger partial charge in [-0.15, -0.1) is 0 Å². The first-order valence-corrected chi connectivity index (χ1v) is 8.89. The van der Waals surface area contributed by atoms with Gasteiger partial charge in [-0.3, -0.25) is 0 Å². The van der Waals surface area contributed by atoms with E-state index >= 15 is 0 Å². The fourth-order valence-electron chi connectivity index (χ4n) is 3.11. The molecule has 1 aromatic heterocycles. The maximum atomic E-state index is 4.61. The summed E-state index contributed by atoms with van der Waals surface area (Å²) in [6.45, 7) is 7.81. The molecule has 3 rings (SSSR count). The van der Waals surface area contributed by atoms with Crippen molar-refractivity contribution < 1.29 is 0 Å². The maximum absolute atomic E-state index is 4.61. The van der Waals surface area contributed by atoms with Crippen LogP contribution in [-0.2, 0) is 13.1 Å². The fraction of sp³-hybridized carbons (Fsp3) is 0.474. The largest absolute Gasteiger partial charge is 0.369 e. The molecular weight excluding hydrogens is 312 g/mol. The second kappa shape index (κ2) is 8.27. The summed E-state index contributed by atoms with van der Waals surface area (Å²) < 4.78 is 0. The molecule has 1 aromatic carbocycles. The van der Waals surface area contributed by atoms with Crippen molar-refractivity contribution in [1.29, 1.82) is 0 Å². The molecule has 0 saturated carbocycles. The van der Waals surface area contributed by atoms with Gasteiger partial charge in [0.1, 0.15) is 0 Å². The van der Waals surface area contributed by atoms with Crippen LogP contribution in [0.4, 0.5) is 11.6 Å². The Labute approximate surface area is 150 Å². The SMILES string of the molecule is Cc1cc(CNCc2ccccc2N2CCNCC2)nc(N(C)C)n1. The van der Waals surface area contributed by atoms with Gasteiger partial charge in [-0.05, 0) is 24.6 Å². The van der Waals surface area contributed by atoms with Crippen LogP contribution >= 0.6 is 0 Å². The van der Waals surface area contributed by atoms with Crippen LogP contribution in [0.2, 0.25) is 0 Å². The molecule has 0 atom stereocenters. The number of aromatic nitrogens is 2. The summed E-state index contributed by atoms with van der Waals surface area (Å²) in [5, 5.41) is 6.95. The molecule has 6 heteroatoms. The van der Waals surface area contributed by atoms with Gasteiger partial charge in [-0.1, -0.05) is 18.2 Å². The molecule has 1 saturated heterocycles.